The van der Waals surface area contributed by atoms with Crippen molar-refractivity contribution in [3.63, 3.8) is 0 Å². The van der Waals surface area contributed by atoms with Gasteiger partial charge < -0.3 is 19.8 Å². The van der Waals surface area contributed by atoms with E-state index in [0.717, 1.165) is 28.1 Å². The number of β-amino-alcohol motifs (C(OH)–C–C–N with tert-alkyl or cyclic N) is 1. The monoisotopic (exact) mass is 389 g/mol. The van der Waals surface area contributed by atoms with Gasteiger partial charge in [0, 0.05) is 30.6 Å². The molecule has 0 radical (unpaired) electrons. The number of hydrogen-bond acceptors (Lipinski definition) is 5. The molecule has 1 saturated heterocycles. The Hall–Kier alpha value is -2.96. The summed E-state index contributed by atoms with van der Waals surface area (Å²) in [5.74, 6) is 0.898. The van der Waals surface area contributed by atoms with Crippen molar-refractivity contribution in [3.05, 3.63) is 65.9 Å². The fourth-order valence-electron chi connectivity index (χ4n) is 4.20. The van der Waals surface area contributed by atoms with Crippen LogP contribution in [0.25, 0.3) is 22.4 Å². The second kappa shape index (κ2) is 7.46. The van der Waals surface area contributed by atoms with Crippen molar-refractivity contribution < 1.29 is 14.4 Å². The maximum absolute atomic E-state index is 12.8. The second-order valence-corrected chi connectivity index (χ2v) is 7.74. The zero-order valence-corrected chi connectivity index (χ0v) is 16.0. The average Bonchev–Trinajstić information content (AvgIpc) is 3.40. The fourth-order valence-corrected chi connectivity index (χ4v) is 4.20. The van der Waals surface area contributed by atoms with E-state index in [-0.39, 0.29) is 11.9 Å². The Morgan fingerprint density at radius 3 is 2.52 bits per heavy atom. The molecule has 0 aliphatic carbocycles. The van der Waals surface area contributed by atoms with Gasteiger partial charge in [-0.1, -0.05) is 59.8 Å². The quantitative estimate of drug-likeness (QED) is 0.720. The van der Waals surface area contributed by atoms with Gasteiger partial charge in [0.2, 0.25) is 5.91 Å². The smallest absolute Gasteiger partial charge is 0.240 e. The molecule has 0 saturated carbocycles. The molecule has 5 rings (SSSR count). The number of aromatic nitrogens is 1. The van der Waals surface area contributed by atoms with E-state index in [1.807, 2.05) is 23.1 Å². The third-order valence-corrected chi connectivity index (χ3v) is 5.81. The van der Waals surface area contributed by atoms with Crippen LogP contribution in [0, 0.1) is 0 Å². The fraction of sp³-hybridized carbons (Fsp3) is 0.304. The summed E-state index contributed by atoms with van der Waals surface area (Å²) >= 11 is 0. The molecule has 2 aromatic carbocycles. The minimum atomic E-state index is -0.446. The van der Waals surface area contributed by atoms with Crippen molar-refractivity contribution in [3.8, 4) is 22.4 Å². The largest absolute Gasteiger partial charge is 0.392 e. The molecule has 0 bridgehead atoms. The Balaban J connectivity index is 1.37. The third kappa shape index (κ3) is 3.45. The third-order valence-electron chi connectivity index (χ3n) is 5.81. The van der Waals surface area contributed by atoms with Crippen LogP contribution in [0.5, 0.6) is 0 Å². The molecular weight excluding hydrogens is 366 g/mol. The number of amides is 1. The highest BCUT2D eigenvalue weighted by atomic mass is 16.5. The van der Waals surface area contributed by atoms with Gasteiger partial charge in [0.05, 0.1) is 18.7 Å². The molecule has 6 nitrogen and oxygen atoms in total. The Morgan fingerprint density at radius 1 is 1.07 bits per heavy atom. The first-order valence-corrected chi connectivity index (χ1v) is 10.0. The molecule has 0 spiro atoms. The lowest BCUT2D eigenvalue weighted by atomic mass is 9.98. The van der Waals surface area contributed by atoms with Crippen molar-refractivity contribution in [2.24, 2.45) is 0 Å². The summed E-state index contributed by atoms with van der Waals surface area (Å²) in [5, 5.41) is 17.1. The number of carbonyl (C=O) groups is 1. The molecule has 1 amide bonds. The van der Waals surface area contributed by atoms with Gasteiger partial charge in [0.15, 0.2) is 0 Å². The first-order valence-electron chi connectivity index (χ1n) is 10.0. The topological polar surface area (TPSA) is 78.6 Å². The number of aliphatic hydroxyl groups excluding tert-OH is 1. The Morgan fingerprint density at radius 2 is 1.79 bits per heavy atom. The molecule has 2 aliphatic rings. The predicted octanol–water partition coefficient (Wildman–Crippen LogP) is 2.62. The van der Waals surface area contributed by atoms with Gasteiger partial charge in [-0.15, -0.1) is 0 Å². The van der Waals surface area contributed by atoms with Crippen LogP contribution in [0.4, 0.5) is 0 Å². The molecule has 0 unspecified atom stereocenters. The van der Waals surface area contributed by atoms with E-state index in [2.05, 4.69) is 46.9 Å². The first kappa shape index (κ1) is 18.1. The van der Waals surface area contributed by atoms with Crippen molar-refractivity contribution >= 4 is 5.91 Å². The van der Waals surface area contributed by atoms with Gasteiger partial charge >= 0.3 is 0 Å². The number of nitrogens with zero attached hydrogens (tertiary/aromatic N) is 2. The van der Waals surface area contributed by atoms with Crippen LogP contribution >= 0.6 is 0 Å². The number of benzene rings is 2. The molecule has 2 N–H and O–H groups in total. The Kier molecular flexibility index (Phi) is 4.66. The number of aliphatic hydroxyl groups is 1. The van der Waals surface area contributed by atoms with Gasteiger partial charge in [0.1, 0.15) is 11.5 Å². The molecule has 2 atom stereocenters. The summed E-state index contributed by atoms with van der Waals surface area (Å²) in [6.45, 7) is 1.57. The van der Waals surface area contributed by atoms with Crippen LogP contribution in [0.2, 0.25) is 0 Å². The van der Waals surface area contributed by atoms with E-state index in [1.54, 1.807) is 0 Å². The second-order valence-electron chi connectivity index (χ2n) is 7.74. The lowest BCUT2D eigenvalue weighted by molar-refractivity contribution is -0.134. The number of nitrogens with one attached hydrogen (secondary N) is 1. The lowest BCUT2D eigenvalue weighted by Gasteiger charge is -2.28. The SMILES string of the molecule is O=C([C@@H]1C[C@@H](O)CN1)N1CCc2onc(-c3ccc(-c4ccccc4)cc3)c2C1. The molecule has 3 aromatic rings. The van der Waals surface area contributed by atoms with Crippen molar-refractivity contribution in [2.45, 2.75) is 31.5 Å². The Labute approximate surface area is 169 Å². The average molecular weight is 389 g/mol. The van der Waals surface area contributed by atoms with E-state index in [0.29, 0.717) is 32.5 Å². The highest BCUT2D eigenvalue weighted by Gasteiger charge is 2.34. The molecule has 6 heteroatoms. The summed E-state index contributed by atoms with van der Waals surface area (Å²) in [6, 6.07) is 18.2. The number of fused-ring (bicyclic) bond motifs is 1. The van der Waals surface area contributed by atoms with E-state index < -0.39 is 6.10 Å². The highest BCUT2D eigenvalue weighted by molar-refractivity contribution is 5.83. The van der Waals surface area contributed by atoms with Crippen molar-refractivity contribution in [2.75, 3.05) is 13.1 Å². The zero-order chi connectivity index (χ0) is 19.8. The van der Waals surface area contributed by atoms with Gasteiger partial charge in [-0.2, -0.15) is 0 Å². The minimum Gasteiger partial charge on any atom is -0.392 e. The van der Waals surface area contributed by atoms with E-state index in [4.69, 9.17) is 4.52 Å². The molecule has 1 aromatic heterocycles. The first-order chi connectivity index (χ1) is 14.2. The number of carbonyl (C=O) groups excluding carboxylic acids is 1. The van der Waals surface area contributed by atoms with Crippen LogP contribution < -0.4 is 5.32 Å². The number of rotatable bonds is 3. The summed E-state index contributed by atoms with van der Waals surface area (Å²) in [6.07, 6.45) is 0.684. The number of hydrogen-bond donors (Lipinski definition) is 2. The Bertz CT molecular complexity index is 1010. The summed E-state index contributed by atoms with van der Waals surface area (Å²) in [7, 11) is 0. The van der Waals surface area contributed by atoms with Crippen LogP contribution in [-0.2, 0) is 17.8 Å². The van der Waals surface area contributed by atoms with Gasteiger partial charge in [-0.3, -0.25) is 4.79 Å². The molecule has 29 heavy (non-hydrogen) atoms. The maximum atomic E-state index is 12.8. The molecule has 148 valence electrons. The van der Waals surface area contributed by atoms with Gasteiger partial charge in [-0.05, 0) is 17.5 Å². The maximum Gasteiger partial charge on any atom is 0.240 e. The van der Waals surface area contributed by atoms with Crippen LogP contribution in [0.15, 0.2) is 59.1 Å². The van der Waals surface area contributed by atoms with E-state index >= 15 is 0 Å². The standard InChI is InChI=1S/C23H23N3O3/c27-18-12-20(24-13-18)23(28)26-11-10-21-19(14-26)22(25-29-21)17-8-6-16(7-9-17)15-4-2-1-3-5-15/h1-9,18,20,24,27H,10-14H2/t18-,20+/m1/s1. The van der Waals surface area contributed by atoms with Crippen LogP contribution in [0.3, 0.4) is 0 Å². The molecular formula is C23H23N3O3. The minimum absolute atomic E-state index is 0.0405. The molecule has 3 heterocycles. The summed E-state index contributed by atoms with van der Waals surface area (Å²) < 4.78 is 5.58. The highest BCUT2D eigenvalue weighted by Crippen LogP contribution is 2.32. The van der Waals surface area contributed by atoms with Gasteiger partial charge in [-0.25, -0.2) is 0 Å². The van der Waals surface area contributed by atoms with E-state index in [1.165, 1.54) is 5.56 Å². The summed E-state index contributed by atoms with van der Waals surface area (Å²) in [4.78, 5) is 14.7. The van der Waals surface area contributed by atoms with Crippen molar-refractivity contribution in [1.29, 1.82) is 0 Å². The van der Waals surface area contributed by atoms with E-state index in [9.17, 15) is 9.90 Å². The van der Waals surface area contributed by atoms with Gasteiger partial charge in [0.25, 0.3) is 0 Å². The predicted molar refractivity (Wildman–Crippen MR) is 109 cm³/mol. The normalized spacial score (nSPS) is 21.2. The molecule has 1 fully saturated rings. The van der Waals surface area contributed by atoms with Crippen LogP contribution in [0.1, 0.15) is 17.7 Å². The lowest BCUT2D eigenvalue weighted by Crippen LogP contribution is -2.45. The van der Waals surface area contributed by atoms with Crippen LogP contribution in [-0.4, -0.2) is 46.3 Å². The zero-order valence-electron chi connectivity index (χ0n) is 16.0. The summed E-state index contributed by atoms with van der Waals surface area (Å²) in [5.41, 5.74) is 5.09. The molecule has 2 aliphatic heterocycles. The van der Waals surface area contributed by atoms with Crippen molar-refractivity contribution in [1.82, 2.24) is 15.4 Å².